The van der Waals surface area contributed by atoms with E-state index < -0.39 is 0 Å². The van der Waals surface area contributed by atoms with Crippen molar-refractivity contribution in [3.05, 3.63) is 114 Å². The van der Waals surface area contributed by atoms with Crippen molar-refractivity contribution < 1.29 is 0 Å². The van der Waals surface area contributed by atoms with Gasteiger partial charge in [0.2, 0.25) is 0 Å². The molecule has 4 nitrogen and oxygen atoms in total. The monoisotopic (exact) mass is 472 g/mol. The lowest BCUT2D eigenvalue weighted by atomic mass is 9.93. The summed E-state index contributed by atoms with van der Waals surface area (Å²) in [4.78, 5) is 6.82. The molecule has 0 N–H and O–H groups in total. The van der Waals surface area contributed by atoms with Crippen LogP contribution in [0.3, 0.4) is 0 Å². The highest BCUT2D eigenvalue weighted by atomic mass is 15.1. The van der Waals surface area contributed by atoms with Gasteiger partial charge in [0.25, 0.3) is 0 Å². The summed E-state index contributed by atoms with van der Waals surface area (Å²) in [5.74, 6) is 0.824. The van der Waals surface area contributed by atoms with Crippen molar-refractivity contribution in [3.8, 4) is 28.6 Å². The van der Waals surface area contributed by atoms with E-state index in [-0.39, 0.29) is 0 Å². The molecule has 0 amide bonds. The summed E-state index contributed by atoms with van der Waals surface area (Å²) in [7, 11) is 1.96. The van der Waals surface area contributed by atoms with Crippen LogP contribution in [0, 0.1) is 32.1 Å². The average Bonchev–Trinajstić information content (AvgIpc) is 3.19. The zero-order valence-corrected chi connectivity index (χ0v) is 21.7. The number of anilines is 2. The first-order valence-electron chi connectivity index (χ1n) is 12.2. The molecule has 0 spiro atoms. The fourth-order valence-electron chi connectivity index (χ4n) is 4.59. The van der Waals surface area contributed by atoms with Crippen molar-refractivity contribution in [1.82, 2.24) is 9.55 Å². The Labute approximate surface area is 214 Å². The van der Waals surface area contributed by atoms with Crippen LogP contribution in [0.1, 0.15) is 35.9 Å². The van der Waals surface area contributed by atoms with Gasteiger partial charge in [0.15, 0.2) is 5.69 Å². The van der Waals surface area contributed by atoms with Gasteiger partial charge in [-0.15, -0.1) is 0 Å². The number of allylic oxidation sites excluding steroid dienone is 2. The average molecular weight is 473 g/mol. The summed E-state index contributed by atoms with van der Waals surface area (Å²) < 4.78 is 1.99. The third-order valence-electron chi connectivity index (χ3n) is 6.85. The number of hydrogen-bond acceptors (Lipinski definition) is 3. The summed E-state index contributed by atoms with van der Waals surface area (Å²) in [6.45, 7) is 12.4. The van der Waals surface area contributed by atoms with Gasteiger partial charge in [0.05, 0.1) is 5.69 Å². The normalized spacial score (nSPS) is 11.3. The zero-order chi connectivity index (χ0) is 25.8. The number of nitriles is 1. The van der Waals surface area contributed by atoms with E-state index in [1.807, 2.05) is 30.7 Å². The van der Waals surface area contributed by atoms with Crippen molar-refractivity contribution in [1.29, 1.82) is 5.26 Å². The number of para-hydroxylation sites is 1. The number of rotatable bonds is 7. The van der Waals surface area contributed by atoms with Crippen LogP contribution >= 0.6 is 0 Å². The Hall–Kier alpha value is -4.36. The lowest BCUT2D eigenvalue weighted by Crippen LogP contribution is -2.14. The molecule has 1 heterocycles. The number of hydrogen-bond donors (Lipinski definition) is 0. The van der Waals surface area contributed by atoms with Crippen molar-refractivity contribution in [2.24, 2.45) is 7.05 Å². The predicted octanol–water partition coefficient (Wildman–Crippen LogP) is 8.17. The predicted molar refractivity (Wildman–Crippen MR) is 150 cm³/mol. The summed E-state index contributed by atoms with van der Waals surface area (Å²) in [5.41, 5.74) is 10.4. The Bertz CT molecular complexity index is 1470. The van der Waals surface area contributed by atoms with E-state index in [0.717, 1.165) is 46.1 Å². The van der Waals surface area contributed by atoms with Crippen molar-refractivity contribution >= 4 is 11.4 Å². The highest BCUT2D eigenvalue weighted by Gasteiger charge is 2.17. The number of aromatic nitrogens is 2. The van der Waals surface area contributed by atoms with Crippen LogP contribution in [0.25, 0.3) is 22.5 Å². The third-order valence-corrected chi connectivity index (χ3v) is 6.85. The van der Waals surface area contributed by atoms with Gasteiger partial charge in [-0.05, 0) is 79.8 Å². The van der Waals surface area contributed by atoms with E-state index in [2.05, 4.69) is 110 Å². The zero-order valence-electron chi connectivity index (χ0n) is 21.7. The molecule has 36 heavy (non-hydrogen) atoms. The second kappa shape index (κ2) is 10.5. The highest BCUT2D eigenvalue weighted by Crippen LogP contribution is 2.35. The first-order valence-corrected chi connectivity index (χ1v) is 12.2. The molecule has 1 aromatic heterocycles. The van der Waals surface area contributed by atoms with Gasteiger partial charge in [-0.2, -0.15) is 5.26 Å². The Morgan fingerprint density at radius 2 is 1.56 bits per heavy atom. The van der Waals surface area contributed by atoms with Gasteiger partial charge in [-0.1, -0.05) is 62.0 Å². The molecule has 0 aliphatic heterocycles. The van der Waals surface area contributed by atoms with Crippen LogP contribution in [0.2, 0.25) is 0 Å². The highest BCUT2D eigenvalue weighted by molar-refractivity contribution is 5.78. The first kappa shape index (κ1) is 24.8. The fraction of sp³-hybridized carbons (Fsp3) is 0.188. The quantitative estimate of drug-likeness (QED) is 0.255. The molecule has 0 radical (unpaired) electrons. The third kappa shape index (κ3) is 4.48. The molecular weight excluding hydrogens is 440 g/mol. The van der Waals surface area contributed by atoms with E-state index in [0.29, 0.717) is 5.69 Å². The molecule has 4 aromatic rings. The molecule has 4 heteroatoms. The van der Waals surface area contributed by atoms with Gasteiger partial charge in [-0.25, -0.2) is 4.98 Å². The van der Waals surface area contributed by atoms with Crippen LogP contribution in [0.5, 0.6) is 0 Å². The van der Waals surface area contributed by atoms with E-state index in [9.17, 15) is 5.26 Å². The second-order valence-corrected chi connectivity index (χ2v) is 8.91. The lowest BCUT2D eigenvalue weighted by molar-refractivity contribution is 0.881. The van der Waals surface area contributed by atoms with Gasteiger partial charge >= 0.3 is 0 Å². The van der Waals surface area contributed by atoms with Crippen molar-refractivity contribution in [2.75, 3.05) is 4.90 Å². The molecule has 180 valence electrons. The van der Waals surface area contributed by atoms with E-state index in [4.69, 9.17) is 0 Å². The molecule has 0 bridgehead atoms. The molecule has 0 saturated heterocycles. The fourth-order valence-corrected chi connectivity index (χ4v) is 4.59. The number of imidazole rings is 1. The Morgan fingerprint density at radius 3 is 2.14 bits per heavy atom. The van der Waals surface area contributed by atoms with Gasteiger partial charge in [0.1, 0.15) is 11.9 Å². The minimum absolute atomic E-state index is 0.475. The van der Waals surface area contributed by atoms with Crippen LogP contribution in [-0.2, 0) is 7.05 Å². The smallest absolute Gasteiger partial charge is 0.162 e. The summed E-state index contributed by atoms with van der Waals surface area (Å²) >= 11 is 0. The number of nitrogens with zero attached hydrogens (tertiary/aromatic N) is 4. The lowest BCUT2D eigenvalue weighted by Gasteiger charge is -2.26. The SMILES string of the molecule is C=CC(=CCC)N(c1ccccc1)c1ccc(-c2ccc(-c3nc(C#N)c(C)n3C)c(C)c2C)cc1. The molecule has 0 unspecified atom stereocenters. The van der Waals surface area contributed by atoms with Crippen molar-refractivity contribution in [2.45, 2.75) is 34.1 Å². The number of benzene rings is 3. The molecule has 0 aliphatic rings. The second-order valence-electron chi connectivity index (χ2n) is 8.91. The van der Waals surface area contributed by atoms with E-state index in [1.54, 1.807) is 0 Å². The maximum atomic E-state index is 9.40. The molecule has 0 aliphatic carbocycles. The maximum Gasteiger partial charge on any atom is 0.162 e. The van der Waals surface area contributed by atoms with Crippen molar-refractivity contribution in [3.63, 3.8) is 0 Å². The molecule has 0 saturated carbocycles. The Balaban J connectivity index is 1.74. The van der Waals surface area contributed by atoms with Crippen LogP contribution < -0.4 is 4.90 Å². The molecule has 0 fully saturated rings. The van der Waals surface area contributed by atoms with Gasteiger partial charge in [0, 0.05) is 29.7 Å². The largest absolute Gasteiger partial charge is 0.330 e. The first-order chi connectivity index (χ1) is 17.4. The Morgan fingerprint density at radius 1 is 0.944 bits per heavy atom. The van der Waals surface area contributed by atoms with Crippen LogP contribution in [-0.4, -0.2) is 9.55 Å². The van der Waals surface area contributed by atoms with Gasteiger partial charge < -0.3 is 9.47 Å². The van der Waals surface area contributed by atoms with Crippen LogP contribution in [0.4, 0.5) is 11.4 Å². The Kier molecular flexibility index (Phi) is 7.22. The summed E-state index contributed by atoms with van der Waals surface area (Å²) in [5, 5.41) is 9.40. The standard InChI is InChI=1S/C32H32N4/c1-7-12-26(8-2)36(27-13-10-9-11-14-27)28-17-15-25(16-18-28)29-19-20-30(23(4)22(29)3)32-34-31(21-33)24(5)35(32)6/h8-20H,2,7H2,1,3-6H3. The van der Waals surface area contributed by atoms with E-state index >= 15 is 0 Å². The molecule has 0 atom stereocenters. The summed E-state index contributed by atoms with van der Waals surface area (Å²) in [6, 6.07) is 25.5. The van der Waals surface area contributed by atoms with Gasteiger partial charge in [-0.3, -0.25) is 0 Å². The van der Waals surface area contributed by atoms with E-state index in [1.165, 1.54) is 16.7 Å². The minimum atomic E-state index is 0.475. The minimum Gasteiger partial charge on any atom is -0.330 e. The topological polar surface area (TPSA) is 44.9 Å². The molecular formula is C32H32N4. The van der Waals surface area contributed by atoms with Crippen LogP contribution in [0.15, 0.2) is 91.2 Å². The molecule has 3 aromatic carbocycles. The molecule has 4 rings (SSSR count). The maximum absolute atomic E-state index is 9.40. The summed E-state index contributed by atoms with van der Waals surface area (Å²) in [6.07, 6.45) is 5.03.